The van der Waals surface area contributed by atoms with Crippen LogP contribution in [0.1, 0.15) is 31.2 Å². The second-order valence-corrected chi connectivity index (χ2v) is 7.37. The minimum atomic E-state index is -0.0227. The number of fused-ring (bicyclic) bond motifs is 1. The average molecular weight is 406 g/mol. The average Bonchev–Trinajstić information content (AvgIpc) is 2.74. The number of piperidine rings is 1. The number of hydrogen-bond donors (Lipinski definition) is 1. The van der Waals surface area contributed by atoms with E-state index in [-0.39, 0.29) is 36.2 Å². The van der Waals surface area contributed by atoms with E-state index in [1.807, 2.05) is 18.2 Å². The molecule has 1 amide bonds. The zero-order valence-corrected chi connectivity index (χ0v) is 17.2. The Hall–Kier alpha value is -2.05. The number of amides is 1. The van der Waals surface area contributed by atoms with Crippen LogP contribution in [-0.4, -0.2) is 50.0 Å². The number of carbonyl (C=O) groups is 1. The Morgan fingerprint density at radius 1 is 1.04 bits per heavy atom. The highest BCUT2D eigenvalue weighted by Gasteiger charge is 2.42. The summed E-state index contributed by atoms with van der Waals surface area (Å²) in [6, 6.07) is 6.09. The van der Waals surface area contributed by atoms with Gasteiger partial charge in [0.15, 0.2) is 11.5 Å². The summed E-state index contributed by atoms with van der Waals surface area (Å²) in [6.07, 6.45) is 7.84. The third-order valence-electron chi connectivity index (χ3n) is 5.88. The number of nitrogens with one attached hydrogen (secondary N) is 1. The molecule has 1 aromatic rings. The first-order chi connectivity index (χ1) is 13.2. The Bertz CT molecular complexity index is 774. The van der Waals surface area contributed by atoms with Crippen LogP contribution in [0.25, 0.3) is 0 Å². The van der Waals surface area contributed by atoms with Crippen molar-refractivity contribution >= 4 is 24.0 Å². The topological polar surface area (TPSA) is 63.2 Å². The maximum Gasteiger partial charge on any atom is 0.247 e. The van der Waals surface area contributed by atoms with Crippen molar-refractivity contribution in [2.45, 2.75) is 31.7 Å². The van der Waals surface area contributed by atoms with Crippen molar-refractivity contribution in [3.05, 3.63) is 35.9 Å². The molecule has 0 saturated carbocycles. The molecule has 1 saturated heterocycles. The number of rotatable bonds is 4. The van der Waals surface area contributed by atoms with Gasteiger partial charge in [0.2, 0.25) is 5.91 Å². The molecular weight excluding hydrogens is 378 g/mol. The standard InChI is InChI=1S/C21H27N3O3.ClH/c1-26-18-8-7-14(13-19(18)27-2)20-16-5-3-4-6-17(16)21(25)24(23-20)15-9-11-22-12-10-15;/h3-4,7-8,13,15-17,22H,5-6,9-12H2,1-2H3;1H/t16-,17+;/m0./s1. The first-order valence-electron chi connectivity index (χ1n) is 9.72. The van der Waals surface area contributed by atoms with Crippen LogP contribution in [-0.2, 0) is 4.79 Å². The summed E-state index contributed by atoms with van der Waals surface area (Å²) >= 11 is 0. The van der Waals surface area contributed by atoms with E-state index in [1.54, 1.807) is 19.2 Å². The third kappa shape index (κ3) is 3.76. The number of hydrogen-bond acceptors (Lipinski definition) is 5. The molecule has 28 heavy (non-hydrogen) atoms. The van der Waals surface area contributed by atoms with E-state index in [0.717, 1.165) is 50.0 Å². The lowest BCUT2D eigenvalue weighted by Gasteiger charge is -2.41. The Balaban J connectivity index is 0.00000225. The van der Waals surface area contributed by atoms with Gasteiger partial charge in [-0.25, -0.2) is 5.01 Å². The summed E-state index contributed by atoms with van der Waals surface area (Å²) < 4.78 is 10.9. The number of allylic oxidation sites excluding steroid dienone is 2. The van der Waals surface area contributed by atoms with Crippen molar-refractivity contribution in [3.63, 3.8) is 0 Å². The van der Waals surface area contributed by atoms with Gasteiger partial charge in [0, 0.05) is 11.5 Å². The molecule has 152 valence electrons. The fourth-order valence-electron chi connectivity index (χ4n) is 4.38. The third-order valence-corrected chi connectivity index (χ3v) is 5.88. The first-order valence-corrected chi connectivity index (χ1v) is 9.72. The van der Waals surface area contributed by atoms with E-state index < -0.39 is 0 Å². The minimum Gasteiger partial charge on any atom is -0.493 e. The zero-order chi connectivity index (χ0) is 18.8. The summed E-state index contributed by atoms with van der Waals surface area (Å²) in [5.41, 5.74) is 1.99. The van der Waals surface area contributed by atoms with Crippen LogP contribution < -0.4 is 14.8 Å². The molecule has 4 rings (SSSR count). The van der Waals surface area contributed by atoms with Crippen molar-refractivity contribution in [2.24, 2.45) is 16.9 Å². The van der Waals surface area contributed by atoms with E-state index in [2.05, 4.69) is 17.5 Å². The lowest BCUT2D eigenvalue weighted by Crippen LogP contribution is -2.51. The number of nitrogens with zero attached hydrogens (tertiary/aromatic N) is 2. The fraction of sp³-hybridized carbons (Fsp3) is 0.524. The smallest absolute Gasteiger partial charge is 0.247 e. The molecule has 2 aliphatic heterocycles. The molecule has 2 heterocycles. The predicted octanol–water partition coefficient (Wildman–Crippen LogP) is 3.01. The molecule has 7 heteroatoms. The number of hydrazone groups is 1. The molecule has 3 aliphatic rings. The predicted molar refractivity (Wildman–Crippen MR) is 111 cm³/mol. The highest BCUT2D eigenvalue weighted by Crippen LogP contribution is 2.38. The summed E-state index contributed by atoms with van der Waals surface area (Å²) in [7, 11) is 3.27. The molecule has 1 fully saturated rings. The molecule has 2 atom stereocenters. The van der Waals surface area contributed by atoms with E-state index in [9.17, 15) is 4.79 Å². The SMILES string of the molecule is COc1ccc(C2=NN(C3CCNCC3)C(=O)[C@@H]3CC=CC[C@H]23)cc1OC.Cl. The summed E-state index contributed by atoms with van der Waals surface area (Å²) in [4.78, 5) is 13.2. The van der Waals surface area contributed by atoms with Gasteiger partial charge < -0.3 is 14.8 Å². The van der Waals surface area contributed by atoms with Crippen molar-refractivity contribution in [2.75, 3.05) is 27.3 Å². The molecule has 6 nitrogen and oxygen atoms in total. The zero-order valence-electron chi connectivity index (χ0n) is 16.4. The maximum absolute atomic E-state index is 13.2. The van der Waals surface area contributed by atoms with Gasteiger partial charge in [0.1, 0.15) is 0 Å². The van der Waals surface area contributed by atoms with E-state index in [4.69, 9.17) is 14.6 Å². The van der Waals surface area contributed by atoms with Crippen LogP contribution >= 0.6 is 12.4 Å². The monoisotopic (exact) mass is 405 g/mol. The van der Waals surface area contributed by atoms with Gasteiger partial charge in [0.05, 0.1) is 31.9 Å². The van der Waals surface area contributed by atoms with Crippen LogP contribution in [0.3, 0.4) is 0 Å². The Labute approximate surface area is 172 Å². The Morgan fingerprint density at radius 3 is 2.39 bits per heavy atom. The van der Waals surface area contributed by atoms with Gasteiger partial charge in [-0.3, -0.25) is 4.79 Å². The Kier molecular flexibility index (Phi) is 6.62. The lowest BCUT2D eigenvalue weighted by atomic mass is 9.76. The number of methoxy groups -OCH3 is 2. The van der Waals surface area contributed by atoms with Crippen LogP contribution in [0, 0.1) is 11.8 Å². The number of benzene rings is 1. The number of ether oxygens (including phenoxy) is 2. The van der Waals surface area contributed by atoms with Gasteiger partial charge in [-0.1, -0.05) is 12.2 Å². The minimum absolute atomic E-state index is 0. The quantitative estimate of drug-likeness (QED) is 0.782. The molecule has 0 aromatic heterocycles. The lowest BCUT2D eigenvalue weighted by molar-refractivity contribution is -0.141. The second-order valence-electron chi connectivity index (χ2n) is 7.37. The second kappa shape index (κ2) is 8.97. The van der Waals surface area contributed by atoms with Crippen LogP contribution in [0.2, 0.25) is 0 Å². The summed E-state index contributed by atoms with van der Waals surface area (Å²) in [5, 5.41) is 10.1. The van der Waals surface area contributed by atoms with Gasteiger partial charge in [0.25, 0.3) is 0 Å². The largest absolute Gasteiger partial charge is 0.493 e. The number of halogens is 1. The van der Waals surface area contributed by atoms with Gasteiger partial charge in [-0.15, -0.1) is 12.4 Å². The van der Waals surface area contributed by atoms with Gasteiger partial charge >= 0.3 is 0 Å². The van der Waals surface area contributed by atoms with Gasteiger partial charge in [-0.05, 0) is 57.0 Å². The maximum atomic E-state index is 13.2. The summed E-state index contributed by atoms with van der Waals surface area (Å²) in [5.74, 6) is 1.67. The van der Waals surface area contributed by atoms with Crippen molar-refractivity contribution in [1.29, 1.82) is 0 Å². The molecule has 1 aliphatic carbocycles. The van der Waals surface area contributed by atoms with E-state index in [0.29, 0.717) is 11.5 Å². The molecule has 1 aromatic carbocycles. The van der Waals surface area contributed by atoms with Crippen molar-refractivity contribution in [3.8, 4) is 11.5 Å². The molecule has 0 unspecified atom stereocenters. The highest BCUT2D eigenvalue weighted by molar-refractivity contribution is 6.07. The van der Waals surface area contributed by atoms with Crippen molar-refractivity contribution in [1.82, 2.24) is 10.3 Å². The Morgan fingerprint density at radius 2 is 1.71 bits per heavy atom. The molecule has 1 N–H and O–H groups in total. The first kappa shape index (κ1) is 20.7. The fourth-order valence-corrected chi connectivity index (χ4v) is 4.38. The van der Waals surface area contributed by atoms with Crippen LogP contribution in [0.15, 0.2) is 35.5 Å². The van der Waals surface area contributed by atoms with Gasteiger partial charge in [-0.2, -0.15) is 5.10 Å². The van der Waals surface area contributed by atoms with Crippen molar-refractivity contribution < 1.29 is 14.3 Å². The molecule has 0 spiro atoms. The molecular formula is C21H28ClN3O3. The number of carbonyl (C=O) groups excluding carboxylic acids is 1. The molecule has 0 radical (unpaired) electrons. The normalized spacial score (nSPS) is 24.9. The van der Waals surface area contributed by atoms with Crippen LogP contribution in [0.5, 0.6) is 11.5 Å². The summed E-state index contributed by atoms with van der Waals surface area (Å²) in [6.45, 7) is 1.87. The highest BCUT2D eigenvalue weighted by atomic mass is 35.5. The van der Waals surface area contributed by atoms with E-state index in [1.165, 1.54) is 0 Å². The van der Waals surface area contributed by atoms with Crippen LogP contribution in [0.4, 0.5) is 0 Å². The van der Waals surface area contributed by atoms with E-state index >= 15 is 0 Å². The molecule has 0 bridgehead atoms.